The maximum absolute atomic E-state index is 13.1. The van der Waals surface area contributed by atoms with E-state index >= 15 is 0 Å². The van der Waals surface area contributed by atoms with Crippen molar-refractivity contribution in [3.8, 4) is 6.07 Å². The Hall–Kier alpha value is -3.76. The van der Waals surface area contributed by atoms with Crippen molar-refractivity contribution in [2.75, 3.05) is 6.61 Å². The molecule has 0 radical (unpaired) electrons. The van der Waals surface area contributed by atoms with E-state index in [1.807, 2.05) is 60.7 Å². The first-order valence-corrected chi connectivity index (χ1v) is 10.5. The number of amides is 1. The third-order valence-corrected chi connectivity index (χ3v) is 6.19. The number of nitrogens with two attached hydrogens (primary N) is 1. The molecular weight excluding hydrogens is 410 g/mol. The average Bonchev–Trinajstić information content (AvgIpc) is 2.79. The van der Waals surface area contributed by atoms with E-state index in [0.29, 0.717) is 9.93 Å². The maximum Gasteiger partial charge on any atom is 0.337 e. The summed E-state index contributed by atoms with van der Waals surface area (Å²) in [5.74, 6) is -1.69. The van der Waals surface area contributed by atoms with Crippen LogP contribution in [0.4, 0.5) is 0 Å². The first-order valence-electron chi connectivity index (χ1n) is 9.71. The standard InChI is InChI=1S/C24H19N3O3S/c1-2-30-24(29)21-20(16-11-7-4-8-12-16)17(14-25)22(26)27-19(28)13-18(31-23(21)27)15-9-5-3-6-10-15/h3-13,20H,2,26H2,1H3. The molecule has 0 saturated heterocycles. The van der Waals surface area contributed by atoms with Crippen LogP contribution in [0.3, 0.4) is 0 Å². The molecule has 7 heteroatoms. The zero-order chi connectivity index (χ0) is 22.0. The minimum absolute atomic E-state index is 0.0280. The number of nitrogens with zero attached hydrogens (tertiary/aromatic N) is 2. The van der Waals surface area contributed by atoms with Gasteiger partial charge in [-0.2, -0.15) is 5.26 Å². The third kappa shape index (κ3) is 3.62. The Morgan fingerprint density at radius 1 is 1.16 bits per heavy atom. The van der Waals surface area contributed by atoms with E-state index in [1.54, 1.807) is 6.92 Å². The Labute approximate surface area is 184 Å². The topological polar surface area (TPSA) is 96.4 Å². The van der Waals surface area contributed by atoms with E-state index in [-0.39, 0.29) is 23.6 Å². The number of hydrogen-bond donors (Lipinski definition) is 1. The van der Waals surface area contributed by atoms with Crippen molar-refractivity contribution >= 4 is 28.5 Å². The first-order chi connectivity index (χ1) is 15.1. The Morgan fingerprint density at radius 3 is 2.42 bits per heavy atom. The van der Waals surface area contributed by atoms with Crippen molar-refractivity contribution in [1.82, 2.24) is 4.90 Å². The monoisotopic (exact) mass is 429 g/mol. The van der Waals surface area contributed by atoms with Crippen molar-refractivity contribution in [3.63, 3.8) is 0 Å². The number of carbonyl (C=O) groups is 2. The van der Waals surface area contributed by atoms with Gasteiger partial charge in [0.2, 0.25) is 0 Å². The summed E-state index contributed by atoms with van der Waals surface area (Å²) < 4.78 is 5.35. The Morgan fingerprint density at radius 2 is 1.81 bits per heavy atom. The number of fused-ring (bicyclic) bond motifs is 1. The highest BCUT2D eigenvalue weighted by atomic mass is 32.2. The smallest absolute Gasteiger partial charge is 0.337 e. The SMILES string of the molecule is CCOC(=O)C1=C2SC(c3ccccc3)=CC(=O)N2C(N)=C(C#N)C1c1ccccc1. The lowest BCUT2D eigenvalue weighted by Crippen LogP contribution is -2.40. The summed E-state index contributed by atoms with van der Waals surface area (Å²) in [4.78, 5) is 28.1. The quantitative estimate of drug-likeness (QED) is 0.741. The van der Waals surface area contributed by atoms with Gasteiger partial charge in [0.1, 0.15) is 10.9 Å². The fourth-order valence-electron chi connectivity index (χ4n) is 3.66. The molecular formula is C24H19N3O3S. The fraction of sp³-hybridized carbons (Fsp3) is 0.125. The van der Waals surface area contributed by atoms with Crippen molar-refractivity contribution in [1.29, 1.82) is 5.26 Å². The van der Waals surface area contributed by atoms with Crippen LogP contribution in [0.1, 0.15) is 24.0 Å². The summed E-state index contributed by atoms with van der Waals surface area (Å²) >= 11 is 1.27. The lowest BCUT2D eigenvalue weighted by Gasteiger charge is -2.37. The number of ether oxygens (including phenoxy) is 1. The van der Waals surface area contributed by atoms with Gasteiger partial charge in [0, 0.05) is 11.0 Å². The molecule has 2 aromatic carbocycles. The largest absolute Gasteiger partial charge is 0.463 e. The van der Waals surface area contributed by atoms with Crippen LogP contribution in [0, 0.1) is 11.3 Å². The lowest BCUT2D eigenvalue weighted by molar-refractivity contribution is -0.138. The van der Waals surface area contributed by atoms with E-state index in [9.17, 15) is 14.9 Å². The molecule has 154 valence electrons. The van der Waals surface area contributed by atoms with Crippen molar-refractivity contribution < 1.29 is 14.3 Å². The Balaban J connectivity index is 1.96. The summed E-state index contributed by atoms with van der Waals surface area (Å²) in [6.07, 6.45) is 1.47. The highest BCUT2D eigenvalue weighted by molar-refractivity contribution is 8.11. The minimum atomic E-state index is -0.730. The highest BCUT2D eigenvalue weighted by Gasteiger charge is 2.43. The summed E-state index contributed by atoms with van der Waals surface area (Å²) in [5.41, 5.74) is 8.26. The second-order valence-corrected chi connectivity index (χ2v) is 7.87. The van der Waals surface area contributed by atoms with Gasteiger partial charge >= 0.3 is 5.97 Å². The van der Waals surface area contributed by atoms with Crippen LogP contribution in [0.15, 0.2) is 88.7 Å². The zero-order valence-corrected chi connectivity index (χ0v) is 17.6. The molecule has 0 saturated carbocycles. The molecule has 6 nitrogen and oxygen atoms in total. The molecule has 2 aromatic rings. The van der Waals surface area contributed by atoms with Crippen LogP contribution in [-0.4, -0.2) is 23.4 Å². The molecule has 2 aliphatic heterocycles. The maximum atomic E-state index is 13.1. The van der Waals surface area contributed by atoms with Gasteiger partial charge in [-0.1, -0.05) is 72.4 Å². The second kappa shape index (κ2) is 8.54. The first kappa shape index (κ1) is 20.5. The average molecular weight is 430 g/mol. The van der Waals surface area contributed by atoms with Crippen LogP contribution < -0.4 is 5.73 Å². The zero-order valence-electron chi connectivity index (χ0n) is 16.7. The summed E-state index contributed by atoms with van der Waals surface area (Å²) in [6, 6.07) is 20.7. The van der Waals surface area contributed by atoms with Crippen molar-refractivity contribution in [3.05, 3.63) is 99.9 Å². The van der Waals surface area contributed by atoms with Gasteiger partial charge < -0.3 is 10.5 Å². The van der Waals surface area contributed by atoms with Gasteiger partial charge in [-0.15, -0.1) is 0 Å². The fourth-order valence-corrected chi connectivity index (χ4v) is 4.87. The van der Waals surface area contributed by atoms with Crippen LogP contribution in [0.5, 0.6) is 0 Å². The molecule has 1 atom stereocenters. The van der Waals surface area contributed by atoms with Crippen LogP contribution in [-0.2, 0) is 14.3 Å². The van der Waals surface area contributed by atoms with Gasteiger partial charge in [0.15, 0.2) is 0 Å². The minimum Gasteiger partial charge on any atom is -0.463 e. The van der Waals surface area contributed by atoms with E-state index in [2.05, 4.69) is 6.07 Å². The molecule has 4 rings (SSSR count). The van der Waals surface area contributed by atoms with Gasteiger partial charge in [-0.3, -0.25) is 9.69 Å². The molecule has 1 amide bonds. The second-order valence-electron chi connectivity index (χ2n) is 6.84. The number of benzene rings is 2. The number of allylic oxidation sites excluding steroid dienone is 1. The van der Waals surface area contributed by atoms with E-state index in [0.717, 1.165) is 11.1 Å². The molecule has 0 aromatic heterocycles. The van der Waals surface area contributed by atoms with Crippen LogP contribution in [0.25, 0.3) is 4.91 Å². The Kier molecular flexibility index (Phi) is 5.65. The van der Waals surface area contributed by atoms with E-state index in [4.69, 9.17) is 10.5 Å². The van der Waals surface area contributed by atoms with Gasteiger partial charge in [0.05, 0.1) is 29.7 Å². The number of carbonyl (C=O) groups excluding carboxylic acids is 2. The van der Waals surface area contributed by atoms with Gasteiger partial charge in [-0.05, 0) is 18.1 Å². The molecule has 0 bridgehead atoms. The number of esters is 1. The lowest BCUT2D eigenvalue weighted by atomic mass is 9.83. The summed E-state index contributed by atoms with van der Waals surface area (Å²) in [6.45, 7) is 1.88. The molecule has 31 heavy (non-hydrogen) atoms. The normalized spacial score (nSPS) is 18.3. The molecule has 2 aliphatic rings. The number of thioether (sulfide) groups is 1. The van der Waals surface area contributed by atoms with Crippen LogP contribution >= 0.6 is 11.8 Å². The number of nitriles is 1. The van der Waals surface area contributed by atoms with E-state index < -0.39 is 17.8 Å². The van der Waals surface area contributed by atoms with Crippen molar-refractivity contribution in [2.45, 2.75) is 12.8 Å². The van der Waals surface area contributed by atoms with E-state index in [1.165, 1.54) is 22.7 Å². The Bertz CT molecular complexity index is 1180. The highest BCUT2D eigenvalue weighted by Crippen LogP contribution is 2.50. The summed E-state index contributed by atoms with van der Waals surface area (Å²) in [5, 5.41) is 10.3. The van der Waals surface area contributed by atoms with Crippen molar-refractivity contribution in [2.24, 2.45) is 5.73 Å². The molecule has 1 unspecified atom stereocenters. The van der Waals surface area contributed by atoms with Gasteiger partial charge in [0.25, 0.3) is 5.91 Å². The molecule has 0 fully saturated rings. The molecule has 2 N–H and O–H groups in total. The summed E-state index contributed by atoms with van der Waals surface area (Å²) in [7, 11) is 0. The molecule has 2 heterocycles. The third-order valence-electron chi connectivity index (χ3n) is 5.02. The molecule has 0 spiro atoms. The van der Waals surface area contributed by atoms with Crippen LogP contribution in [0.2, 0.25) is 0 Å². The predicted molar refractivity (Wildman–Crippen MR) is 119 cm³/mol. The molecule has 0 aliphatic carbocycles. The number of hydrogen-bond acceptors (Lipinski definition) is 6. The predicted octanol–water partition coefficient (Wildman–Crippen LogP) is 3.87. The van der Waals surface area contributed by atoms with Gasteiger partial charge in [-0.25, -0.2) is 4.79 Å². The number of rotatable bonds is 4.